The molecule has 166 valence electrons. The summed E-state index contributed by atoms with van der Waals surface area (Å²) in [7, 11) is -5.37. The largest absolute Gasteiger partial charge is 0.437 e. The highest BCUT2D eigenvalue weighted by atomic mass is 28.5. The molecule has 1 aliphatic carbocycles. The zero-order chi connectivity index (χ0) is 22.0. The molecule has 1 rings (SSSR count). The van der Waals surface area contributed by atoms with E-state index in [-0.39, 0.29) is 6.04 Å². The lowest BCUT2D eigenvalue weighted by Crippen LogP contribution is -2.52. The average Bonchev–Trinajstić information content (AvgIpc) is 2.49. The summed E-state index contributed by atoms with van der Waals surface area (Å²) in [6, 6.07) is 2.48. The summed E-state index contributed by atoms with van der Waals surface area (Å²) < 4.78 is 26.3. The van der Waals surface area contributed by atoms with Crippen LogP contribution < -0.4 is 0 Å². The molecule has 0 aromatic heterocycles. The van der Waals surface area contributed by atoms with Crippen molar-refractivity contribution in [1.29, 1.82) is 0 Å². The first kappa shape index (κ1) is 26.2. The first-order valence-corrected chi connectivity index (χ1v) is 23.4. The number of hydrogen-bond donors (Lipinski definition) is 0. The Balaban J connectivity index is 2.69. The van der Waals surface area contributed by atoms with Crippen LogP contribution in [0.25, 0.3) is 0 Å². The molecular weight excluding hydrogens is 422 g/mol. The fraction of sp³-hybridized carbons (Fsp3) is 0.947. The van der Waals surface area contributed by atoms with E-state index in [4.69, 9.17) is 8.23 Å². The Labute approximate surface area is 177 Å². The number of nitrogens with zero attached hydrogens (tertiary/aromatic N) is 1. The minimum absolute atomic E-state index is 0.0704. The highest BCUT2D eigenvalue weighted by Crippen LogP contribution is 2.42. The van der Waals surface area contributed by atoms with Crippen molar-refractivity contribution in [3.63, 3.8) is 0 Å². The Morgan fingerprint density at radius 1 is 0.964 bits per heavy atom. The molecule has 0 spiro atoms. The van der Waals surface area contributed by atoms with Gasteiger partial charge in [0.15, 0.2) is 16.6 Å². The Morgan fingerprint density at radius 3 is 2.04 bits per heavy atom. The number of carbonyl (C=O) groups excluding carboxylic acids is 1. The summed E-state index contributed by atoms with van der Waals surface area (Å²) >= 11 is 0. The molecule has 0 aromatic carbocycles. The molecule has 1 amide bonds. The van der Waals surface area contributed by atoms with E-state index in [1.165, 1.54) is 17.4 Å². The van der Waals surface area contributed by atoms with Gasteiger partial charge in [0, 0.05) is 13.1 Å². The van der Waals surface area contributed by atoms with Gasteiger partial charge in [-0.3, -0.25) is 0 Å². The van der Waals surface area contributed by atoms with Crippen LogP contribution in [-0.2, 0) is 8.23 Å². The average molecular weight is 466 g/mol. The van der Waals surface area contributed by atoms with E-state index in [9.17, 15) is 9.18 Å². The maximum atomic E-state index is 13.2. The highest BCUT2D eigenvalue weighted by Gasteiger charge is 2.41. The molecule has 0 bridgehead atoms. The van der Waals surface area contributed by atoms with Gasteiger partial charge in [-0.25, -0.2) is 4.79 Å². The van der Waals surface area contributed by atoms with E-state index in [2.05, 4.69) is 58.9 Å². The molecule has 0 heterocycles. The number of halogens is 1. The maximum absolute atomic E-state index is 13.2. The summed E-state index contributed by atoms with van der Waals surface area (Å²) in [6.07, 6.45) is 2.94. The predicted octanol–water partition coefficient (Wildman–Crippen LogP) is 6.80. The van der Waals surface area contributed by atoms with Crippen LogP contribution in [0, 0.1) is 0 Å². The molecule has 2 atom stereocenters. The van der Waals surface area contributed by atoms with Gasteiger partial charge < -0.3 is 13.1 Å². The summed E-state index contributed by atoms with van der Waals surface area (Å²) in [5, 5.41) is 0. The summed E-state index contributed by atoms with van der Waals surface area (Å²) in [6.45, 7) is 20.7. The smallest absolute Gasteiger partial charge is 0.400 e. The lowest BCUT2D eigenvalue weighted by molar-refractivity contribution is 0.152. The van der Waals surface area contributed by atoms with Gasteiger partial charge in [-0.1, -0.05) is 32.0 Å². The maximum Gasteiger partial charge on any atom is 0.400 e. The Bertz CT molecular complexity index is 538. The zero-order valence-corrected chi connectivity index (χ0v) is 23.9. The quantitative estimate of drug-likeness (QED) is 0.213. The summed E-state index contributed by atoms with van der Waals surface area (Å²) in [4.78, 5) is 12.5. The molecule has 28 heavy (non-hydrogen) atoms. The second-order valence-corrected chi connectivity index (χ2v) is 29.3. The van der Waals surface area contributed by atoms with Crippen molar-refractivity contribution in [2.75, 3.05) is 7.05 Å². The van der Waals surface area contributed by atoms with Crippen molar-refractivity contribution in [2.45, 2.75) is 108 Å². The minimum Gasteiger partial charge on any atom is -0.437 e. The van der Waals surface area contributed by atoms with Gasteiger partial charge in [0.25, 0.3) is 0 Å². The topological polar surface area (TPSA) is 38.8 Å². The predicted molar refractivity (Wildman–Crippen MR) is 128 cm³/mol. The third kappa shape index (κ3) is 8.91. The molecule has 2 unspecified atom stereocenters. The van der Waals surface area contributed by atoms with Crippen LogP contribution in [0.3, 0.4) is 0 Å². The fourth-order valence-electron chi connectivity index (χ4n) is 4.67. The molecule has 0 aromatic rings. The minimum atomic E-state index is -2.10. The molecular formula is C19H44FNO3Si4. The van der Waals surface area contributed by atoms with Crippen LogP contribution >= 0.6 is 0 Å². The van der Waals surface area contributed by atoms with Crippen molar-refractivity contribution in [3.8, 4) is 0 Å². The lowest BCUT2D eigenvalue weighted by Gasteiger charge is -2.42. The monoisotopic (exact) mass is 465 g/mol. The number of amides is 1. The van der Waals surface area contributed by atoms with Crippen molar-refractivity contribution in [2.24, 2.45) is 0 Å². The van der Waals surface area contributed by atoms with Crippen molar-refractivity contribution >= 4 is 39.4 Å². The van der Waals surface area contributed by atoms with E-state index >= 15 is 0 Å². The Hall–Kier alpha value is 0.188. The van der Waals surface area contributed by atoms with Gasteiger partial charge in [-0.2, -0.15) is 0 Å². The van der Waals surface area contributed by atoms with E-state index < -0.39 is 39.4 Å². The van der Waals surface area contributed by atoms with E-state index in [1.54, 1.807) is 7.05 Å². The standard InChI is InChI=1S/C19H44FNO3Si4/c1-21(19(20)22)17-12-11-13-18(16-17)26(5,6)14-15-27(7,8)24-28(9,10)23-25(2,3)4/h17-18H,11-16H2,1-10H3. The normalized spacial score (nSPS) is 22.2. The molecule has 9 heteroatoms. The number of hydrogen-bond acceptors (Lipinski definition) is 3. The molecule has 0 aliphatic heterocycles. The summed E-state index contributed by atoms with van der Waals surface area (Å²) in [5.41, 5.74) is 0.654. The van der Waals surface area contributed by atoms with Crippen molar-refractivity contribution in [3.05, 3.63) is 0 Å². The zero-order valence-electron chi connectivity index (χ0n) is 19.9. The van der Waals surface area contributed by atoms with Gasteiger partial charge in [-0.05, 0) is 70.3 Å². The van der Waals surface area contributed by atoms with Crippen LogP contribution in [0.1, 0.15) is 25.7 Å². The number of carbonyl (C=O) groups is 1. The van der Waals surface area contributed by atoms with Gasteiger partial charge in [-0.15, -0.1) is 4.39 Å². The molecule has 1 fully saturated rings. The molecule has 1 aliphatic rings. The molecule has 4 nitrogen and oxygen atoms in total. The first-order valence-electron chi connectivity index (χ1n) is 10.8. The third-order valence-corrected chi connectivity index (χ3v) is 20.8. The van der Waals surface area contributed by atoms with Crippen LogP contribution in [-0.4, -0.2) is 57.4 Å². The van der Waals surface area contributed by atoms with Crippen molar-refractivity contribution in [1.82, 2.24) is 4.90 Å². The van der Waals surface area contributed by atoms with E-state index in [0.717, 1.165) is 25.3 Å². The van der Waals surface area contributed by atoms with Gasteiger partial charge in [0.2, 0.25) is 0 Å². The summed E-state index contributed by atoms with van der Waals surface area (Å²) in [5.74, 6) is 0. The van der Waals surface area contributed by atoms with Crippen LogP contribution in [0.5, 0.6) is 0 Å². The van der Waals surface area contributed by atoms with Crippen LogP contribution in [0.4, 0.5) is 9.18 Å². The van der Waals surface area contributed by atoms with Gasteiger partial charge in [0.05, 0.1) is 8.07 Å². The first-order chi connectivity index (χ1) is 12.4. The third-order valence-electron chi connectivity index (χ3n) is 6.02. The Kier molecular flexibility index (Phi) is 8.94. The molecule has 0 radical (unpaired) electrons. The fourth-order valence-corrected chi connectivity index (χ4v) is 24.1. The van der Waals surface area contributed by atoms with Gasteiger partial charge in [0.1, 0.15) is 0 Å². The second-order valence-electron chi connectivity index (χ2n) is 11.3. The van der Waals surface area contributed by atoms with Crippen LogP contribution in [0.2, 0.25) is 76.6 Å². The van der Waals surface area contributed by atoms with Crippen molar-refractivity contribution < 1.29 is 17.4 Å². The highest BCUT2D eigenvalue weighted by molar-refractivity contribution is 6.88. The van der Waals surface area contributed by atoms with Gasteiger partial charge >= 0.3 is 14.7 Å². The van der Waals surface area contributed by atoms with E-state index in [1.807, 2.05) is 0 Å². The second kappa shape index (κ2) is 9.55. The Morgan fingerprint density at radius 2 is 1.54 bits per heavy atom. The number of rotatable bonds is 9. The lowest BCUT2D eigenvalue weighted by atomic mass is 9.94. The molecule has 1 saturated carbocycles. The SMILES string of the molecule is CN(C(=O)F)C1CCCC([Si](C)(C)CC[Si](C)(C)O[Si](C)(C)O[Si](C)(C)C)C1. The molecule has 0 saturated heterocycles. The van der Waals surface area contributed by atoms with E-state index in [0.29, 0.717) is 5.54 Å². The molecule has 0 N–H and O–H groups in total. The van der Waals surface area contributed by atoms with Crippen LogP contribution in [0.15, 0.2) is 0 Å².